The van der Waals surface area contributed by atoms with Crippen LogP contribution in [-0.2, 0) is 13.1 Å². The molecule has 0 radical (unpaired) electrons. The molecule has 152 valence electrons. The summed E-state index contributed by atoms with van der Waals surface area (Å²) in [5, 5.41) is 3.03. The van der Waals surface area contributed by atoms with E-state index in [1.807, 2.05) is 36.4 Å². The number of nitrogens with zero attached hydrogens (tertiary/aromatic N) is 3. The molecular weight excluding hydrogens is 372 g/mol. The second-order valence-corrected chi connectivity index (χ2v) is 7.62. The van der Waals surface area contributed by atoms with E-state index < -0.39 is 0 Å². The topological polar surface area (TPSA) is 59.8 Å². The molecule has 2 heterocycles. The molecule has 2 aromatic carbocycles. The van der Waals surface area contributed by atoms with Gasteiger partial charge in [0.1, 0.15) is 11.3 Å². The fourth-order valence-electron chi connectivity index (χ4n) is 3.61. The summed E-state index contributed by atoms with van der Waals surface area (Å²) in [6, 6.07) is 17.8. The maximum Gasteiger partial charge on any atom is 0.251 e. The van der Waals surface area contributed by atoms with Gasteiger partial charge in [0.15, 0.2) is 5.65 Å². The van der Waals surface area contributed by atoms with Crippen LogP contribution in [0.5, 0.6) is 0 Å². The Morgan fingerprint density at radius 3 is 2.70 bits per heavy atom. The third kappa shape index (κ3) is 3.96. The molecule has 0 saturated heterocycles. The minimum absolute atomic E-state index is 0.0913. The Morgan fingerprint density at radius 1 is 1.03 bits per heavy atom. The molecule has 5 nitrogen and oxygen atoms in total. The van der Waals surface area contributed by atoms with Gasteiger partial charge >= 0.3 is 0 Å². The molecule has 0 atom stereocenters. The molecule has 2 aromatic heterocycles. The maximum atomic E-state index is 12.8. The van der Waals surface area contributed by atoms with Crippen LogP contribution in [-0.4, -0.2) is 20.4 Å². The van der Waals surface area contributed by atoms with Crippen molar-refractivity contribution >= 4 is 17.1 Å². The van der Waals surface area contributed by atoms with Crippen LogP contribution in [0.2, 0.25) is 0 Å². The van der Waals surface area contributed by atoms with Crippen LogP contribution < -0.4 is 5.32 Å². The fraction of sp³-hybridized carbons (Fsp3) is 0.240. The lowest BCUT2D eigenvalue weighted by atomic mass is 10.1. The Hall–Kier alpha value is -3.47. The molecule has 0 aliphatic rings. The largest absolute Gasteiger partial charge is 0.348 e. The SMILES string of the molecule is CCCn1c(-c2cccc(C(=O)NCc3ccc(C)c(C)c3)c2)nc2cccnc21. The molecule has 0 fully saturated rings. The number of carbonyl (C=O) groups is 1. The third-order valence-electron chi connectivity index (χ3n) is 5.36. The fourth-order valence-corrected chi connectivity index (χ4v) is 3.61. The molecule has 30 heavy (non-hydrogen) atoms. The van der Waals surface area contributed by atoms with Crippen LogP contribution in [0.25, 0.3) is 22.6 Å². The summed E-state index contributed by atoms with van der Waals surface area (Å²) in [5.41, 5.74) is 6.86. The van der Waals surface area contributed by atoms with E-state index in [4.69, 9.17) is 4.98 Å². The summed E-state index contributed by atoms with van der Waals surface area (Å²) >= 11 is 0. The van der Waals surface area contributed by atoms with Crippen molar-refractivity contribution in [1.29, 1.82) is 0 Å². The predicted octanol–water partition coefficient (Wildman–Crippen LogP) is 5.06. The summed E-state index contributed by atoms with van der Waals surface area (Å²) in [7, 11) is 0. The first-order valence-electron chi connectivity index (χ1n) is 10.3. The zero-order valence-corrected chi connectivity index (χ0v) is 17.6. The van der Waals surface area contributed by atoms with Crippen molar-refractivity contribution in [3.05, 3.63) is 83.0 Å². The van der Waals surface area contributed by atoms with Gasteiger partial charge in [-0.25, -0.2) is 9.97 Å². The first-order chi connectivity index (χ1) is 14.6. The number of aromatic nitrogens is 3. The Morgan fingerprint density at radius 2 is 1.90 bits per heavy atom. The number of imidazole rings is 1. The van der Waals surface area contributed by atoms with Crippen LogP contribution in [0, 0.1) is 13.8 Å². The van der Waals surface area contributed by atoms with E-state index in [1.54, 1.807) is 6.20 Å². The van der Waals surface area contributed by atoms with E-state index in [9.17, 15) is 4.79 Å². The second-order valence-electron chi connectivity index (χ2n) is 7.62. The Balaban J connectivity index is 1.59. The van der Waals surface area contributed by atoms with Crippen molar-refractivity contribution < 1.29 is 4.79 Å². The second kappa shape index (κ2) is 8.49. The monoisotopic (exact) mass is 398 g/mol. The molecule has 0 aliphatic heterocycles. The van der Waals surface area contributed by atoms with Crippen molar-refractivity contribution in [1.82, 2.24) is 19.9 Å². The van der Waals surface area contributed by atoms with Crippen molar-refractivity contribution in [3.63, 3.8) is 0 Å². The van der Waals surface area contributed by atoms with E-state index in [1.165, 1.54) is 11.1 Å². The smallest absolute Gasteiger partial charge is 0.251 e. The normalized spacial score (nSPS) is 11.0. The lowest BCUT2D eigenvalue weighted by molar-refractivity contribution is 0.0951. The lowest BCUT2D eigenvalue weighted by Gasteiger charge is -2.10. The summed E-state index contributed by atoms with van der Waals surface area (Å²) in [5.74, 6) is 0.751. The molecule has 4 rings (SSSR count). The number of hydrogen-bond acceptors (Lipinski definition) is 3. The van der Waals surface area contributed by atoms with Gasteiger partial charge in [-0.1, -0.05) is 37.3 Å². The van der Waals surface area contributed by atoms with Gasteiger partial charge in [0.2, 0.25) is 0 Å². The van der Waals surface area contributed by atoms with Gasteiger partial charge in [-0.15, -0.1) is 0 Å². The van der Waals surface area contributed by atoms with Crippen molar-refractivity contribution in [2.45, 2.75) is 40.3 Å². The van der Waals surface area contributed by atoms with Gasteiger partial charge < -0.3 is 9.88 Å². The standard InChI is InChI=1S/C25H26N4O/c1-4-13-29-23(28-22-9-6-12-26-24(22)29)20-7-5-8-21(15-20)25(30)27-16-19-11-10-17(2)18(3)14-19/h5-12,14-15H,4,13,16H2,1-3H3,(H,27,30). The molecule has 0 aliphatic carbocycles. The number of pyridine rings is 1. The average molecular weight is 399 g/mol. The highest BCUT2D eigenvalue weighted by atomic mass is 16.1. The molecule has 5 heteroatoms. The number of fused-ring (bicyclic) bond motifs is 1. The van der Waals surface area contributed by atoms with Gasteiger partial charge in [0, 0.05) is 30.4 Å². The molecule has 0 unspecified atom stereocenters. The van der Waals surface area contributed by atoms with Crippen molar-refractivity contribution in [2.24, 2.45) is 0 Å². The number of amides is 1. The van der Waals surface area contributed by atoms with Crippen molar-refractivity contribution in [3.8, 4) is 11.4 Å². The highest BCUT2D eigenvalue weighted by Crippen LogP contribution is 2.25. The van der Waals surface area contributed by atoms with Crippen LogP contribution in [0.3, 0.4) is 0 Å². The molecule has 0 bridgehead atoms. The van der Waals surface area contributed by atoms with Gasteiger partial charge in [0.25, 0.3) is 5.91 Å². The van der Waals surface area contributed by atoms with Gasteiger partial charge in [-0.05, 0) is 61.2 Å². The number of benzene rings is 2. The quantitative estimate of drug-likeness (QED) is 0.494. The minimum Gasteiger partial charge on any atom is -0.348 e. The molecule has 0 saturated carbocycles. The Kier molecular flexibility index (Phi) is 5.61. The predicted molar refractivity (Wildman–Crippen MR) is 120 cm³/mol. The van der Waals surface area contributed by atoms with Gasteiger partial charge in [0.05, 0.1) is 0 Å². The number of rotatable bonds is 6. The summed E-state index contributed by atoms with van der Waals surface area (Å²) < 4.78 is 2.13. The summed E-state index contributed by atoms with van der Waals surface area (Å²) in [6.45, 7) is 7.63. The number of nitrogens with one attached hydrogen (secondary N) is 1. The molecule has 0 spiro atoms. The van der Waals surface area contributed by atoms with Crippen LogP contribution in [0.15, 0.2) is 60.8 Å². The highest BCUT2D eigenvalue weighted by molar-refractivity contribution is 5.95. The number of hydrogen-bond donors (Lipinski definition) is 1. The Labute approximate surface area is 176 Å². The maximum absolute atomic E-state index is 12.8. The minimum atomic E-state index is -0.0913. The number of aryl methyl sites for hydroxylation is 3. The van der Waals surface area contributed by atoms with Gasteiger partial charge in [-0.2, -0.15) is 0 Å². The van der Waals surface area contributed by atoms with Crippen molar-refractivity contribution in [2.75, 3.05) is 0 Å². The summed E-state index contributed by atoms with van der Waals surface area (Å²) in [6.07, 6.45) is 2.77. The number of carbonyl (C=O) groups excluding carboxylic acids is 1. The van der Waals surface area contributed by atoms with E-state index in [0.29, 0.717) is 12.1 Å². The molecule has 1 N–H and O–H groups in total. The zero-order valence-electron chi connectivity index (χ0n) is 17.6. The van der Waals surface area contributed by atoms with Gasteiger partial charge in [-0.3, -0.25) is 4.79 Å². The van der Waals surface area contributed by atoms with Crippen LogP contribution in [0.4, 0.5) is 0 Å². The average Bonchev–Trinajstić information content (AvgIpc) is 3.13. The zero-order chi connectivity index (χ0) is 21.1. The highest BCUT2D eigenvalue weighted by Gasteiger charge is 2.14. The molecule has 1 amide bonds. The van der Waals surface area contributed by atoms with E-state index in [-0.39, 0.29) is 5.91 Å². The van der Waals surface area contributed by atoms with Crippen LogP contribution >= 0.6 is 0 Å². The van der Waals surface area contributed by atoms with Crippen LogP contribution in [0.1, 0.15) is 40.4 Å². The summed E-state index contributed by atoms with van der Waals surface area (Å²) in [4.78, 5) is 22.1. The van der Waals surface area contributed by atoms with E-state index >= 15 is 0 Å². The first kappa shape index (κ1) is 19.8. The third-order valence-corrected chi connectivity index (χ3v) is 5.36. The Bertz CT molecular complexity index is 1210. The van der Waals surface area contributed by atoms with E-state index in [2.05, 4.69) is 53.8 Å². The molecular formula is C25H26N4O. The first-order valence-corrected chi connectivity index (χ1v) is 10.3. The molecule has 4 aromatic rings. The van der Waals surface area contributed by atoms with E-state index in [0.717, 1.165) is 41.1 Å². The lowest BCUT2D eigenvalue weighted by Crippen LogP contribution is -2.22.